The van der Waals surface area contributed by atoms with Crippen molar-refractivity contribution in [3.05, 3.63) is 53.6 Å². The van der Waals surface area contributed by atoms with E-state index in [9.17, 15) is 9.90 Å². The molecule has 0 saturated heterocycles. The Kier molecular flexibility index (Phi) is 5.86. The van der Waals surface area contributed by atoms with Crippen molar-refractivity contribution in [1.29, 1.82) is 0 Å². The maximum absolute atomic E-state index is 11.0. The van der Waals surface area contributed by atoms with Gasteiger partial charge in [0.1, 0.15) is 17.1 Å². The lowest BCUT2D eigenvalue weighted by molar-refractivity contribution is 0.0694. The molecule has 2 aromatic carbocycles. The zero-order valence-electron chi connectivity index (χ0n) is 13.1. The van der Waals surface area contributed by atoms with E-state index >= 15 is 0 Å². The van der Waals surface area contributed by atoms with Gasteiger partial charge in [-0.15, -0.1) is 0 Å². The van der Waals surface area contributed by atoms with Crippen LogP contribution in [0.25, 0.3) is 0 Å². The molecule has 0 aliphatic carbocycles. The monoisotopic (exact) mass is 315 g/mol. The molecule has 0 unspecified atom stereocenters. The molecule has 5 heteroatoms. The fourth-order valence-corrected chi connectivity index (χ4v) is 2.30. The molecule has 0 fully saturated rings. The lowest BCUT2D eigenvalue weighted by Gasteiger charge is -2.08. The van der Waals surface area contributed by atoms with E-state index in [1.54, 1.807) is 13.2 Å². The van der Waals surface area contributed by atoms with Crippen LogP contribution in [0.15, 0.2) is 42.5 Å². The molecule has 0 spiro atoms. The highest BCUT2D eigenvalue weighted by atomic mass is 16.5. The van der Waals surface area contributed by atoms with Crippen LogP contribution < -0.4 is 10.1 Å². The molecule has 2 aromatic rings. The summed E-state index contributed by atoms with van der Waals surface area (Å²) in [6.07, 6.45) is 2.99. The lowest BCUT2D eigenvalue weighted by atomic mass is 10.1. The Balaban J connectivity index is 1.75. The molecule has 5 nitrogen and oxygen atoms in total. The van der Waals surface area contributed by atoms with E-state index in [1.165, 1.54) is 17.7 Å². The minimum absolute atomic E-state index is 0.0896. The Labute approximate surface area is 135 Å². The highest BCUT2D eigenvalue weighted by Gasteiger charge is 2.09. The van der Waals surface area contributed by atoms with Crippen molar-refractivity contribution in [2.75, 3.05) is 19.0 Å². The Hall–Kier alpha value is -2.69. The average molecular weight is 315 g/mol. The molecule has 0 aliphatic heterocycles. The van der Waals surface area contributed by atoms with Gasteiger partial charge in [0.25, 0.3) is 0 Å². The van der Waals surface area contributed by atoms with Gasteiger partial charge in [-0.1, -0.05) is 12.1 Å². The lowest BCUT2D eigenvalue weighted by Crippen LogP contribution is -2.04. The molecule has 0 aliphatic rings. The number of aromatic hydroxyl groups is 1. The van der Waals surface area contributed by atoms with Crippen LogP contribution in [0.4, 0.5) is 5.69 Å². The third kappa shape index (κ3) is 4.92. The third-order valence-corrected chi connectivity index (χ3v) is 3.61. The highest BCUT2D eigenvalue weighted by Crippen LogP contribution is 2.21. The van der Waals surface area contributed by atoms with Crippen LogP contribution in [0.1, 0.15) is 28.8 Å². The quantitative estimate of drug-likeness (QED) is 0.513. The van der Waals surface area contributed by atoms with Gasteiger partial charge >= 0.3 is 5.97 Å². The minimum atomic E-state index is -1.13. The maximum Gasteiger partial charge on any atom is 0.339 e. The molecule has 0 aromatic heterocycles. The first-order chi connectivity index (χ1) is 11.1. The summed E-state index contributed by atoms with van der Waals surface area (Å²) in [7, 11) is 1.65. The number of carboxylic acids is 1. The summed E-state index contributed by atoms with van der Waals surface area (Å²) in [6, 6.07) is 12.5. The molecule has 0 saturated carbocycles. The number of carboxylic acid groups (broad SMARTS) is 1. The maximum atomic E-state index is 11.0. The Morgan fingerprint density at radius 2 is 1.87 bits per heavy atom. The number of carbonyl (C=O) groups is 1. The van der Waals surface area contributed by atoms with Crippen LogP contribution in [0.2, 0.25) is 0 Å². The van der Waals surface area contributed by atoms with E-state index in [0.717, 1.165) is 31.6 Å². The standard InChI is InChI=1S/C18H21NO4/c1-23-15-8-5-13(6-9-15)4-2-3-11-19-14-7-10-17(20)16(12-14)18(21)22/h5-10,12,19-20H,2-4,11H2,1H3,(H,21,22). The second-order valence-electron chi connectivity index (χ2n) is 5.27. The summed E-state index contributed by atoms with van der Waals surface area (Å²) in [5.74, 6) is -0.495. The van der Waals surface area contributed by atoms with E-state index in [0.29, 0.717) is 5.69 Å². The fourth-order valence-electron chi connectivity index (χ4n) is 2.30. The number of aromatic carboxylic acids is 1. The highest BCUT2D eigenvalue weighted by molar-refractivity contribution is 5.91. The van der Waals surface area contributed by atoms with Crippen LogP contribution in [-0.4, -0.2) is 29.8 Å². The molecule has 3 N–H and O–H groups in total. The van der Waals surface area contributed by atoms with Crippen molar-refractivity contribution in [2.24, 2.45) is 0 Å². The summed E-state index contributed by atoms with van der Waals surface area (Å²) in [6.45, 7) is 0.750. The number of unbranched alkanes of at least 4 members (excludes halogenated alkanes) is 1. The summed E-state index contributed by atoms with van der Waals surface area (Å²) in [5.41, 5.74) is 1.88. The smallest absolute Gasteiger partial charge is 0.339 e. The fraction of sp³-hybridized carbons (Fsp3) is 0.278. The molecule has 23 heavy (non-hydrogen) atoms. The van der Waals surface area contributed by atoms with Gasteiger partial charge in [-0.2, -0.15) is 0 Å². The molecular weight excluding hydrogens is 294 g/mol. The van der Waals surface area contributed by atoms with Gasteiger partial charge in [-0.3, -0.25) is 0 Å². The van der Waals surface area contributed by atoms with Crippen molar-refractivity contribution >= 4 is 11.7 Å². The van der Waals surface area contributed by atoms with Crippen molar-refractivity contribution in [3.8, 4) is 11.5 Å². The van der Waals surface area contributed by atoms with E-state index in [1.807, 2.05) is 12.1 Å². The second kappa shape index (κ2) is 8.08. The number of hydrogen-bond donors (Lipinski definition) is 3. The van der Waals surface area contributed by atoms with E-state index in [-0.39, 0.29) is 11.3 Å². The number of anilines is 1. The van der Waals surface area contributed by atoms with Crippen molar-refractivity contribution < 1.29 is 19.7 Å². The Bertz CT molecular complexity index is 653. The van der Waals surface area contributed by atoms with Gasteiger partial charge in [-0.05, 0) is 55.2 Å². The molecular formula is C18H21NO4. The van der Waals surface area contributed by atoms with Crippen LogP contribution in [0.5, 0.6) is 11.5 Å². The van der Waals surface area contributed by atoms with Crippen molar-refractivity contribution in [3.63, 3.8) is 0 Å². The molecule has 0 heterocycles. The van der Waals surface area contributed by atoms with Gasteiger partial charge in [0, 0.05) is 12.2 Å². The van der Waals surface area contributed by atoms with Gasteiger partial charge in [-0.25, -0.2) is 4.79 Å². The Morgan fingerprint density at radius 1 is 1.13 bits per heavy atom. The zero-order chi connectivity index (χ0) is 16.7. The van der Waals surface area contributed by atoms with Gasteiger partial charge in [0.05, 0.1) is 7.11 Å². The predicted molar refractivity (Wildman–Crippen MR) is 89.5 cm³/mol. The number of aryl methyl sites for hydroxylation is 1. The predicted octanol–water partition coefficient (Wildman–Crippen LogP) is 3.53. The van der Waals surface area contributed by atoms with Gasteiger partial charge in [0.15, 0.2) is 0 Å². The number of ether oxygens (including phenoxy) is 1. The summed E-state index contributed by atoms with van der Waals surface area (Å²) < 4.78 is 5.13. The average Bonchev–Trinajstić information content (AvgIpc) is 2.56. The third-order valence-electron chi connectivity index (χ3n) is 3.61. The zero-order valence-corrected chi connectivity index (χ0v) is 13.1. The molecule has 0 amide bonds. The number of methoxy groups -OCH3 is 1. The first-order valence-electron chi connectivity index (χ1n) is 7.53. The van der Waals surface area contributed by atoms with E-state index in [2.05, 4.69) is 17.4 Å². The van der Waals surface area contributed by atoms with Crippen LogP contribution in [0.3, 0.4) is 0 Å². The topological polar surface area (TPSA) is 78.8 Å². The molecule has 2 rings (SSSR count). The second-order valence-corrected chi connectivity index (χ2v) is 5.27. The number of benzene rings is 2. The van der Waals surface area contributed by atoms with Crippen molar-refractivity contribution in [2.45, 2.75) is 19.3 Å². The van der Waals surface area contributed by atoms with Crippen LogP contribution in [0, 0.1) is 0 Å². The van der Waals surface area contributed by atoms with E-state index < -0.39 is 5.97 Å². The first-order valence-corrected chi connectivity index (χ1v) is 7.53. The normalized spacial score (nSPS) is 10.3. The van der Waals surface area contributed by atoms with Crippen LogP contribution in [-0.2, 0) is 6.42 Å². The van der Waals surface area contributed by atoms with E-state index in [4.69, 9.17) is 9.84 Å². The number of phenols is 1. The van der Waals surface area contributed by atoms with Gasteiger partial charge in [0.2, 0.25) is 0 Å². The van der Waals surface area contributed by atoms with Crippen LogP contribution >= 0.6 is 0 Å². The summed E-state index contributed by atoms with van der Waals surface area (Å²) in [4.78, 5) is 11.0. The van der Waals surface area contributed by atoms with Gasteiger partial charge < -0.3 is 20.3 Å². The molecule has 122 valence electrons. The minimum Gasteiger partial charge on any atom is -0.507 e. The summed E-state index contributed by atoms with van der Waals surface area (Å²) in [5, 5.41) is 21.6. The number of hydrogen-bond acceptors (Lipinski definition) is 4. The molecule has 0 atom stereocenters. The SMILES string of the molecule is COc1ccc(CCCCNc2ccc(O)c(C(=O)O)c2)cc1. The summed E-state index contributed by atoms with van der Waals surface area (Å²) >= 11 is 0. The Morgan fingerprint density at radius 3 is 2.52 bits per heavy atom. The largest absolute Gasteiger partial charge is 0.507 e. The molecule has 0 radical (unpaired) electrons. The molecule has 0 bridgehead atoms. The first kappa shape index (κ1) is 16.7. The van der Waals surface area contributed by atoms with Crippen molar-refractivity contribution in [1.82, 2.24) is 0 Å². The number of nitrogens with one attached hydrogen (secondary N) is 1. The number of rotatable bonds is 8.